The number of rotatable bonds is 0. The number of nitrogens with zero attached hydrogens (tertiary/aromatic N) is 2. The molecule has 0 spiro atoms. The summed E-state index contributed by atoms with van der Waals surface area (Å²) in [4.78, 5) is 1.88. The monoisotopic (exact) mass is 134 g/mol. The van der Waals surface area contributed by atoms with Gasteiger partial charge in [0.15, 0.2) is 6.19 Å². The van der Waals surface area contributed by atoms with Crippen molar-refractivity contribution in [3.63, 3.8) is 0 Å². The molecule has 52 valence electrons. The summed E-state index contributed by atoms with van der Waals surface area (Å²) in [6.07, 6.45) is 9.09. The van der Waals surface area contributed by atoms with Gasteiger partial charge in [-0.3, -0.25) is 0 Å². The average Bonchev–Trinajstić information content (AvgIpc) is 2.06. The molecule has 2 unspecified atom stereocenters. The highest BCUT2D eigenvalue weighted by molar-refractivity contribution is 5.10. The largest absolute Gasteiger partial charge is 0.303 e. The smallest absolute Gasteiger partial charge is 0.179 e. The predicted octanol–water partition coefficient (Wildman–Crippen LogP) is 1.12. The summed E-state index contributed by atoms with van der Waals surface area (Å²) in [7, 11) is 0. The van der Waals surface area contributed by atoms with Gasteiger partial charge in [-0.2, -0.15) is 5.26 Å². The van der Waals surface area contributed by atoms with Gasteiger partial charge in [-0.1, -0.05) is 12.2 Å². The van der Waals surface area contributed by atoms with E-state index in [0.29, 0.717) is 12.0 Å². The molecule has 0 aromatic rings. The maximum absolute atomic E-state index is 8.66. The first-order chi connectivity index (χ1) is 4.90. The molecule has 0 aromatic carbocycles. The van der Waals surface area contributed by atoms with Crippen LogP contribution in [0, 0.1) is 17.4 Å². The van der Waals surface area contributed by atoms with Crippen LogP contribution < -0.4 is 0 Å². The van der Waals surface area contributed by atoms with Crippen molar-refractivity contribution < 1.29 is 0 Å². The SMILES string of the molecule is N#CN1CC2C=CC1CC2. The van der Waals surface area contributed by atoms with Crippen LogP contribution in [-0.4, -0.2) is 17.5 Å². The van der Waals surface area contributed by atoms with Crippen LogP contribution in [0.4, 0.5) is 0 Å². The zero-order valence-corrected chi connectivity index (χ0v) is 5.83. The molecule has 1 aliphatic carbocycles. The van der Waals surface area contributed by atoms with Crippen molar-refractivity contribution in [3.8, 4) is 6.19 Å². The Labute approximate surface area is 60.7 Å². The summed E-state index contributed by atoms with van der Waals surface area (Å²) < 4.78 is 0. The Morgan fingerprint density at radius 2 is 2.30 bits per heavy atom. The van der Waals surface area contributed by atoms with Crippen molar-refractivity contribution in [3.05, 3.63) is 12.2 Å². The fraction of sp³-hybridized carbons (Fsp3) is 0.625. The zero-order valence-electron chi connectivity index (χ0n) is 5.83. The Balaban J connectivity index is 2.21. The van der Waals surface area contributed by atoms with Gasteiger partial charge >= 0.3 is 0 Å². The molecule has 2 nitrogen and oxygen atoms in total. The van der Waals surface area contributed by atoms with Crippen molar-refractivity contribution in [2.24, 2.45) is 5.92 Å². The number of hydrogen-bond acceptors (Lipinski definition) is 2. The van der Waals surface area contributed by atoms with Crippen LogP contribution in [0.3, 0.4) is 0 Å². The molecule has 0 radical (unpaired) electrons. The average molecular weight is 134 g/mol. The van der Waals surface area contributed by atoms with E-state index in [2.05, 4.69) is 18.3 Å². The lowest BCUT2D eigenvalue weighted by Gasteiger charge is -2.37. The molecule has 2 heteroatoms. The summed E-state index contributed by atoms with van der Waals surface area (Å²) in [6, 6.07) is 0.426. The molecule has 2 atom stereocenters. The molecule has 2 heterocycles. The molecular weight excluding hydrogens is 124 g/mol. The highest BCUT2D eigenvalue weighted by Crippen LogP contribution is 2.28. The Morgan fingerprint density at radius 1 is 1.40 bits per heavy atom. The topological polar surface area (TPSA) is 27.0 Å². The molecule has 10 heavy (non-hydrogen) atoms. The van der Waals surface area contributed by atoms with Crippen molar-refractivity contribution >= 4 is 0 Å². The molecule has 1 saturated heterocycles. The summed E-state index contributed by atoms with van der Waals surface area (Å²) in [5.74, 6) is 0.657. The van der Waals surface area contributed by atoms with Crippen molar-refractivity contribution in [2.45, 2.75) is 18.9 Å². The standard InChI is InChI=1S/C8H10N2/c9-6-10-5-7-1-3-8(10)4-2-7/h1,3,7-8H,2,4-5H2. The Morgan fingerprint density at radius 3 is 2.60 bits per heavy atom. The van der Waals surface area contributed by atoms with Crippen LogP contribution in [0.25, 0.3) is 0 Å². The maximum Gasteiger partial charge on any atom is 0.179 e. The summed E-state index contributed by atoms with van der Waals surface area (Å²) >= 11 is 0. The van der Waals surface area contributed by atoms with Crippen LogP contribution in [0.1, 0.15) is 12.8 Å². The zero-order chi connectivity index (χ0) is 6.97. The van der Waals surface area contributed by atoms with Crippen LogP contribution >= 0.6 is 0 Å². The van der Waals surface area contributed by atoms with Crippen LogP contribution in [0.5, 0.6) is 0 Å². The third-order valence-corrected chi connectivity index (χ3v) is 2.40. The van der Waals surface area contributed by atoms with E-state index in [1.165, 1.54) is 12.8 Å². The predicted molar refractivity (Wildman–Crippen MR) is 38.0 cm³/mol. The molecule has 0 saturated carbocycles. The lowest BCUT2D eigenvalue weighted by atomic mass is 9.87. The maximum atomic E-state index is 8.66. The quantitative estimate of drug-likeness (QED) is 0.366. The highest BCUT2D eigenvalue weighted by atomic mass is 15.2. The second kappa shape index (κ2) is 2.02. The number of nitriles is 1. The number of hydrogen-bond donors (Lipinski definition) is 0. The van der Waals surface area contributed by atoms with Gasteiger partial charge in [0, 0.05) is 6.54 Å². The van der Waals surface area contributed by atoms with Crippen LogP contribution in [-0.2, 0) is 0 Å². The Kier molecular flexibility index (Phi) is 1.17. The molecular formula is C8H10N2. The number of fused-ring (bicyclic) bond motifs is 2. The first-order valence-electron chi connectivity index (χ1n) is 3.75. The van der Waals surface area contributed by atoms with E-state index in [0.717, 1.165) is 6.54 Å². The molecule has 3 aliphatic rings. The van der Waals surface area contributed by atoms with E-state index in [4.69, 9.17) is 5.26 Å². The summed E-state index contributed by atoms with van der Waals surface area (Å²) in [5.41, 5.74) is 0. The molecule has 0 amide bonds. The van der Waals surface area contributed by atoms with Gasteiger partial charge in [-0.15, -0.1) is 0 Å². The normalized spacial score (nSPS) is 36.1. The molecule has 1 fully saturated rings. The Hall–Kier alpha value is -0.970. The summed E-state index contributed by atoms with van der Waals surface area (Å²) in [6.45, 7) is 0.956. The first-order valence-corrected chi connectivity index (χ1v) is 3.75. The van der Waals surface area contributed by atoms with Gasteiger partial charge < -0.3 is 4.90 Å². The highest BCUT2D eigenvalue weighted by Gasteiger charge is 2.28. The van der Waals surface area contributed by atoms with E-state index >= 15 is 0 Å². The van der Waals surface area contributed by atoms with Crippen LogP contribution in [0.15, 0.2) is 12.2 Å². The van der Waals surface area contributed by atoms with Gasteiger partial charge in [0.25, 0.3) is 0 Å². The fourth-order valence-electron chi connectivity index (χ4n) is 1.78. The van der Waals surface area contributed by atoms with E-state index in [1.807, 2.05) is 4.90 Å². The molecule has 2 aliphatic heterocycles. The summed E-state index contributed by atoms with van der Waals surface area (Å²) in [5, 5.41) is 8.66. The van der Waals surface area contributed by atoms with Crippen molar-refractivity contribution in [2.75, 3.05) is 6.54 Å². The van der Waals surface area contributed by atoms with Crippen LogP contribution in [0.2, 0.25) is 0 Å². The van der Waals surface area contributed by atoms with E-state index in [1.54, 1.807) is 0 Å². The lowest BCUT2D eigenvalue weighted by molar-refractivity contribution is 0.207. The number of piperidine rings is 1. The van der Waals surface area contributed by atoms with Gasteiger partial charge in [0.2, 0.25) is 0 Å². The van der Waals surface area contributed by atoms with E-state index in [-0.39, 0.29) is 0 Å². The molecule has 0 N–H and O–H groups in total. The minimum atomic E-state index is 0.426. The molecule has 0 aromatic heterocycles. The lowest BCUT2D eigenvalue weighted by Crippen LogP contribution is -2.41. The minimum Gasteiger partial charge on any atom is -0.303 e. The Bertz CT molecular complexity index is 202. The van der Waals surface area contributed by atoms with Gasteiger partial charge in [-0.05, 0) is 18.8 Å². The third kappa shape index (κ3) is 0.706. The van der Waals surface area contributed by atoms with Gasteiger partial charge in [-0.25, -0.2) is 0 Å². The third-order valence-electron chi connectivity index (χ3n) is 2.40. The van der Waals surface area contributed by atoms with E-state index < -0.39 is 0 Å². The van der Waals surface area contributed by atoms with Gasteiger partial charge in [0.1, 0.15) is 0 Å². The second-order valence-corrected chi connectivity index (χ2v) is 3.04. The minimum absolute atomic E-state index is 0.426. The van der Waals surface area contributed by atoms with Crippen molar-refractivity contribution in [1.29, 1.82) is 5.26 Å². The van der Waals surface area contributed by atoms with Gasteiger partial charge in [0.05, 0.1) is 6.04 Å². The fourth-order valence-corrected chi connectivity index (χ4v) is 1.78. The van der Waals surface area contributed by atoms with Crippen molar-refractivity contribution in [1.82, 2.24) is 4.90 Å². The second-order valence-electron chi connectivity index (χ2n) is 3.04. The molecule has 3 rings (SSSR count). The molecule has 2 bridgehead atoms. The first kappa shape index (κ1) is 5.79. The van der Waals surface area contributed by atoms with E-state index in [9.17, 15) is 0 Å².